The summed E-state index contributed by atoms with van der Waals surface area (Å²) in [6, 6.07) is 6.71. The molecule has 1 atom stereocenters. The van der Waals surface area contributed by atoms with Gasteiger partial charge in [-0.15, -0.1) is 0 Å². The smallest absolute Gasteiger partial charge is 0.318 e. The number of carbonyl (C=O) groups excluding carboxylic acids is 2. The van der Waals surface area contributed by atoms with Crippen LogP contribution in [0.4, 0.5) is 4.79 Å². The van der Waals surface area contributed by atoms with E-state index in [9.17, 15) is 9.59 Å². The predicted octanol–water partition coefficient (Wildman–Crippen LogP) is 2.25. The number of aromatic nitrogens is 2. The summed E-state index contributed by atoms with van der Waals surface area (Å²) in [7, 11) is 0. The van der Waals surface area contributed by atoms with Crippen LogP contribution in [0.5, 0.6) is 0 Å². The van der Waals surface area contributed by atoms with Gasteiger partial charge in [-0.25, -0.2) is 14.8 Å². The van der Waals surface area contributed by atoms with Crippen LogP contribution in [0.15, 0.2) is 29.3 Å². The van der Waals surface area contributed by atoms with Gasteiger partial charge in [0.2, 0.25) is 5.91 Å². The molecule has 22 heavy (non-hydrogen) atoms. The summed E-state index contributed by atoms with van der Waals surface area (Å²) in [5.41, 5.74) is 7.36. The Hall–Kier alpha value is -2.15. The highest BCUT2D eigenvalue weighted by atomic mass is 32.2. The fraction of sp³-hybridized carbons (Fsp3) is 0.333. The van der Waals surface area contributed by atoms with E-state index in [1.54, 1.807) is 0 Å². The van der Waals surface area contributed by atoms with Crippen molar-refractivity contribution in [3.63, 3.8) is 0 Å². The van der Waals surface area contributed by atoms with Crippen LogP contribution in [0.25, 0.3) is 11.0 Å². The number of para-hydroxylation sites is 2. The lowest BCUT2D eigenvalue weighted by Crippen LogP contribution is -2.42. The summed E-state index contributed by atoms with van der Waals surface area (Å²) in [5.74, 6) is -0.404. The highest BCUT2D eigenvalue weighted by Crippen LogP contribution is 2.29. The number of rotatable bonds is 4. The maximum Gasteiger partial charge on any atom is 0.318 e. The molecule has 0 radical (unpaired) electrons. The van der Waals surface area contributed by atoms with E-state index in [-0.39, 0.29) is 5.92 Å². The van der Waals surface area contributed by atoms with Gasteiger partial charge in [0.05, 0.1) is 22.0 Å². The Balaban J connectivity index is 2.31. The maximum absolute atomic E-state index is 12.1. The Bertz CT molecular complexity index is 718. The summed E-state index contributed by atoms with van der Waals surface area (Å²) < 4.78 is 0. The predicted molar refractivity (Wildman–Crippen MR) is 86.5 cm³/mol. The van der Waals surface area contributed by atoms with Crippen molar-refractivity contribution in [1.29, 1.82) is 0 Å². The number of thioether (sulfide) groups is 1. The van der Waals surface area contributed by atoms with Crippen molar-refractivity contribution in [2.24, 2.45) is 11.7 Å². The number of aryl methyl sites for hydroxylation is 1. The van der Waals surface area contributed by atoms with Gasteiger partial charge in [0.1, 0.15) is 5.03 Å². The molecular weight excluding hydrogens is 300 g/mol. The van der Waals surface area contributed by atoms with Gasteiger partial charge < -0.3 is 5.73 Å². The van der Waals surface area contributed by atoms with E-state index in [0.717, 1.165) is 16.7 Å². The third-order valence-corrected chi connectivity index (χ3v) is 4.67. The molecule has 0 aliphatic rings. The van der Waals surface area contributed by atoms with E-state index < -0.39 is 17.2 Å². The molecule has 0 aliphatic carbocycles. The number of carbonyl (C=O) groups is 2. The van der Waals surface area contributed by atoms with Crippen molar-refractivity contribution in [3.05, 3.63) is 30.0 Å². The molecule has 1 aromatic heterocycles. The van der Waals surface area contributed by atoms with E-state index in [1.807, 2.05) is 45.0 Å². The average molecular weight is 318 g/mol. The van der Waals surface area contributed by atoms with E-state index >= 15 is 0 Å². The number of fused-ring (bicyclic) bond motifs is 1. The number of imide groups is 1. The molecular formula is C15H18N4O2S. The van der Waals surface area contributed by atoms with E-state index in [1.165, 1.54) is 11.8 Å². The molecule has 0 saturated carbocycles. The number of amides is 3. The highest BCUT2D eigenvalue weighted by molar-refractivity contribution is 8.00. The molecule has 1 heterocycles. The Morgan fingerprint density at radius 2 is 1.77 bits per heavy atom. The molecule has 0 spiro atoms. The average Bonchev–Trinajstić information content (AvgIpc) is 2.43. The number of hydrogen-bond acceptors (Lipinski definition) is 5. The number of benzene rings is 1. The molecule has 0 saturated heterocycles. The molecule has 7 heteroatoms. The quantitative estimate of drug-likeness (QED) is 0.843. The maximum atomic E-state index is 12.1. The number of primary amides is 1. The Labute approximate surface area is 132 Å². The molecule has 0 bridgehead atoms. The minimum Gasteiger partial charge on any atom is -0.351 e. The Kier molecular flexibility index (Phi) is 4.97. The number of nitrogens with zero attached hydrogens (tertiary/aromatic N) is 2. The zero-order valence-electron chi connectivity index (χ0n) is 12.7. The molecule has 3 N–H and O–H groups in total. The van der Waals surface area contributed by atoms with Crippen molar-refractivity contribution in [1.82, 2.24) is 15.3 Å². The molecule has 0 aliphatic heterocycles. The summed E-state index contributed by atoms with van der Waals surface area (Å²) >= 11 is 1.29. The second kappa shape index (κ2) is 6.74. The van der Waals surface area contributed by atoms with Gasteiger partial charge in [0.15, 0.2) is 0 Å². The van der Waals surface area contributed by atoms with E-state index in [0.29, 0.717) is 5.03 Å². The van der Waals surface area contributed by atoms with Gasteiger partial charge in [-0.2, -0.15) is 0 Å². The zero-order valence-corrected chi connectivity index (χ0v) is 13.5. The second-order valence-electron chi connectivity index (χ2n) is 5.24. The minimum atomic E-state index is -0.849. The molecule has 1 unspecified atom stereocenters. The largest absolute Gasteiger partial charge is 0.351 e. The molecule has 2 rings (SSSR count). The Morgan fingerprint density at radius 3 is 2.32 bits per heavy atom. The number of hydrogen-bond donors (Lipinski definition) is 2. The van der Waals surface area contributed by atoms with Crippen LogP contribution in [-0.4, -0.2) is 27.2 Å². The van der Waals surface area contributed by atoms with Gasteiger partial charge in [0, 0.05) is 0 Å². The summed E-state index contributed by atoms with van der Waals surface area (Å²) in [5, 5.41) is 2.34. The van der Waals surface area contributed by atoms with Crippen LogP contribution >= 0.6 is 11.8 Å². The monoisotopic (exact) mass is 318 g/mol. The van der Waals surface area contributed by atoms with Crippen molar-refractivity contribution in [2.45, 2.75) is 31.0 Å². The lowest BCUT2D eigenvalue weighted by molar-refractivity contribution is -0.120. The van der Waals surface area contributed by atoms with Crippen molar-refractivity contribution >= 4 is 34.7 Å². The Morgan fingerprint density at radius 1 is 1.18 bits per heavy atom. The first-order valence-corrected chi connectivity index (χ1v) is 7.76. The van der Waals surface area contributed by atoms with Crippen molar-refractivity contribution < 1.29 is 9.59 Å². The first-order chi connectivity index (χ1) is 10.4. The summed E-state index contributed by atoms with van der Waals surface area (Å²) in [6.07, 6.45) is 0. The van der Waals surface area contributed by atoms with Crippen LogP contribution < -0.4 is 11.1 Å². The first kappa shape index (κ1) is 16.2. The number of nitrogens with one attached hydrogen (secondary N) is 1. The molecule has 1 aromatic carbocycles. The van der Waals surface area contributed by atoms with Gasteiger partial charge in [-0.3, -0.25) is 10.1 Å². The molecule has 0 fully saturated rings. The van der Waals surface area contributed by atoms with Crippen LogP contribution in [0, 0.1) is 12.8 Å². The SMILES string of the molecule is Cc1nc2ccccc2nc1SC(C(=O)NC(N)=O)C(C)C. The van der Waals surface area contributed by atoms with Crippen LogP contribution in [0.3, 0.4) is 0 Å². The fourth-order valence-corrected chi connectivity index (χ4v) is 3.03. The topological polar surface area (TPSA) is 98.0 Å². The standard InChI is InChI=1S/C15H18N4O2S/c1-8(2)12(13(20)19-15(16)21)22-14-9(3)17-10-6-4-5-7-11(10)18-14/h4-8,12H,1-3H3,(H3,16,19,20,21). The van der Waals surface area contributed by atoms with Gasteiger partial charge >= 0.3 is 6.03 Å². The van der Waals surface area contributed by atoms with Gasteiger partial charge in [-0.1, -0.05) is 37.7 Å². The van der Waals surface area contributed by atoms with Crippen molar-refractivity contribution in [2.75, 3.05) is 0 Å². The normalized spacial score (nSPS) is 12.4. The first-order valence-electron chi connectivity index (χ1n) is 6.89. The third-order valence-electron chi connectivity index (χ3n) is 3.05. The molecule has 2 aromatic rings. The number of nitrogens with two attached hydrogens (primary N) is 1. The van der Waals surface area contributed by atoms with Gasteiger partial charge in [-0.05, 0) is 25.0 Å². The van der Waals surface area contributed by atoms with Gasteiger partial charge in [0.25, 0.3) is 0 Å². The number of urea groups is 1. The van der Waals surface area contributed by atoms with Crippen LogP contribution in [0.1, 0.15) is 19.5 Å². The minimum absolute atomic E-state index is 0.0111. The van der Waals surface area contributed by atoms with Crippen molar-refractivity contribution in [3.8, 4) is 0 Å². The van der Waals surface area contributed by atoms with Crippen LogP contribution in [0.2, 0.25) is 0 Å². The second-order valence-corrected chi connectivity index (χ2v) is 6.37. The molecule has 116 valence electrons. The summed E-state index contributed by atoms with van der Waals surface area (Å²) in [4.78, 5) is 32.0. The lowest BCUT2D eigenvalue weighted by atomic mass is 10.1. The van der Waals surface area contributed by atoms with E-state index in [2.05, 4.69) is 15.3 Å². The summed E-state index contributed by atoms with van der Waals surface area (Å²) in [6.45, 7) is 5.66. The van der Waals surface area contributed by atoms with E-state index in [4.69, 9.17) is 5.73 Å². The van der Waals surface area contributed by atoms with Crippen LogP contribution in [-0.2, 0) is 4.79 Å². The zero-order chi connectivity index (χ0) is 16.3. The molecule has 6 nitrogen and oxygen atoms in total. The highest BCUT2D eigenvalue weighted by Gasteiger charge is 2.26. The molecule has 3 amide bonds. The third kappa shape index (κ3) is 3.73. The fourth-order valence-electron chi connectivity index (χ4n) is 1.99. The lowest BCUT2D eigenvalue weighted by Gasteiger charge is -2.19.